The van der Waals surface area contributed by atoms with E-state index in [-0.39, 0.29) is 0 Å². The fraction of sp³-hybridized carbons (Fsp3) is 0.538. The Morgan fingerprint density at radius 2 is 1.88 bits per heavy atom. The van der Waals surface area contributed by atoms with Crippen LogP contribution in [0, 0.1) is 0 Å². The minimum atomic E-state index is -1.38. The summed E-state index contributed by atoms with van der Waals surface area (Å²) < 4.78 is 0. The van der Waals surface area contributed by atoms with E-state index < -0.39 is 20.3 Å². The molecular formula is C13H21ClO2Si. The fourth-order valence-electron chi connectivity index (χ4n) is 1.68. The number of rotatable bonds is 5. The van der Waals surface area contributed by atoms with E-state index in [9.17, 15) is 10.2 Å². The van der Waals surface area contributed by atoms with Crippen LogP contribution in [-0.2, 0) is 0 Å². The zero-order chi connectivity index (χ0) is 13.1. The van der Waals surface area contributed by atoms with Gasteiger partial charge >= 0.3 is 0 Å². The first-order valence-corrected chi connectivity index (χ1v) is 9.92. The average Bonchev–Trinajstić information content (AvgIpc) is 2.27. The second-order valence-electron chi connectivity index (χ2n) is 5.37. The quantitative estimate of drug-likeness (QED) is 0.638. The van der Waals surface area contributed by atoms with Crippen molar-refractivity contribution < 1.29 is 10.2 Å². The fourth-order valence-corrected chi connectivity index (χ4v) is 3.10. The Bertz CT molecular complexity index is 363. The number of alkyl halides is 1. The summed E-state index contributed by atoms with van der Waals surface area (Å²) >= 11 is 5.57. The third-order valence-corrected chi connectivity index (χ3v) is 5.12. The lowest BCUT2D eigenvalue weighted by molar-refractivity contribution is 0.0170. The molecule has 1 rings (SSSR count). The second-order valence-corrected chi connectivity index (χ2v) is 10.8. The Kier molecular flexibility index (Phi) is 5.19. The van der Waals surface area contributed by atoms with Crippen molar-refractivity contribution in [1.29, 1.82) is 0 Å². The van der Waals surface area contributed by atoms with Crippen molar-refractivity contribution in [1.82, 2.24) is 0 Å². The van der Waals surface area contributed by atoms with Gasteiger partial charge in [-0.05, 0) is 12.0 Å². The highest BCUT2D eigenvalue weighted by atomic mass is 35.5. The van der Waals surface area contributed by atoms with Crippen LogP contribution in [0.15, 0.2) is 24.3 Å². The van der Waals surface area contributed by atoms with Gasteiger partial charge < -0.3 is 10.2 Å². The Morgan fingerprint density at radius 3 is 2.41 bits per heavy atom. The van der Waals surface area contributed by atoms with Crippen molar-refractivity contribution in [2.75, 3.05) is 5.88 Å². The van der Waals surface area contributed by atoms with Gasteiger partial charge in [0.1, 0.15) is 6.10 Å². The summed E-state index contributed by atoms with van der Waals surface area (Å²) in [5.41, 5.74) is 0.780. The summed E-state index contributed by atoms with van der Waals surface area (Å²) in [6.45, 7) is 6.77. The van der Waals surface area contributed by atoms with Crippen LogP contribution in [0.1, 0.15) is 18.1 Å². The molecule has 1 aromatic carbocycles. The molecule has 0 saturated heterocycles. The normalized spacial score (nSPS) is 15.6. The minimum absolute atomic E-state index is 0.353. The predicted octanol–water partition coefficient (Wildman–Crippen LogP) is 2.25. The number of benzene rings is 1. The molecule has 2 nitrogen and oxygen atoms in total. The highest BCUT2D eigenvalue weighted by Gasteiger charge is 2.21. The second kappa shape index (κ2) is 6.00. The Morgan fingerprint density at radius 1 is 1.24 bits per heavy atom. The number of aliphatic hydroxyl groups is 2. The molecule has 0 radical (unpaired) electrons. The molecule has 17 heavy (non-hydrogen) atoms. The lowest BCUT2D eigenvalue weighted by Gasteiger charge is -2.21. The van der Waals surface area contributed by atoms with Crippen LogP contribution in [0.3, 0.4) is 0 Å². The van der Waals surface area contributed by atoms with Gasteiger partial charge in [0.05, 0.1) is 14.2 Å². The Hall–Kier alpha value is -0.353. The average molecular weight is 273 g/mol. The van der Waals surface area contributed by atoms with Gasteiger partial charge in [-0.2, -0.15) is 0 Å². The van der Waals surface area contributed by atoms with E-state index in [4.69, 9.17) is 11.6 Å². The molecular weight excluding hydrogens is 252 g/mol. The van der Waals surface area contributed by atoms with Gasteiger partial charge in [-0.1, -0.05) is 49.1 Å². The lowest BCUT2D eigenvalue weighted by atomic mass is 10.0. The zero-order valence-corrected chi connectivity index (χ0v) is 12.4. The zero-order valence-electron chi connectivity index (χ0n) is 10.7. The summed E-state index contributed by atoms with van der Waals surface area (Å²) in [4.78, 5) is 0. The molecule has 0 aliphatic heterocycles. The summed E-state index contributed by atoms with van der Waals surface area (Å²) in [5.74, 6) is 0.353. The molecule has 2 unspecified atom stereocenters. The molecule has 96 valence electrons. The Balaban J connectivity index is 2.92. The maximum absolute atomic E-state index is 10.0. The molecule has 0 saturated carbocycles. The molecule has 0 spiro atoms. The van der Waals surface area contributed by atoms with Crippen molar-refractivity contribution in [3.63, 3.8) is 0 Å². The lowest BCUT2D eigenvalue weighted by Crippen LogP contribution is -2.38. The van der Waals surface area contributed by atoms with Gasteiger partial charge in [0, 0.05) is 5.88 Å². The van der Waals surface area contributed by atoms with E-state index in [2.05, 4.69) is 25.7 Å². The summed E-state index contributed by atoms with van der Waals surface area (Å²) in [7, 11) is -1.38. The van der Waals surface area contributed by atoms with E-state index >= 15 is 0 Å². The first-order chi connectivity index (χ1) is 7.86. The van der Waals surface area contributed by atoms with E-state index in [1.165, 1.54) is 5.19 Å². The molecule has 0 bridgehead atoms. The van der Waals surface area contributed by atoms with E-state index in [1.807, 2.05) is 18.2 Å². The van der Waals surface area contributed by atoms with Gasteiger partial charge in [-0.25, -0.2) is 0 Å². The van der Waals surface area contributed by atoms with Gasteiger partial charge in [-0.15, -0.1) is 11.6 Å². The minimum Gasteiger partial charge on any atom is -0.390 e. The Labute approximate surface area is 109 Å². The largest absolute Gasteiger partial charge is 0.390 e. The van der Waals surface area contributed by atoms with Crippen LogP contribution < -0.4 is 5.19 Å². The van der Waals surface area contributed by atoms with Gasteiger partial charge in [0.15, 0.2) is 0 Å². The third-order valence-electron chi connectivity index (χ3n) is 2.86. The van der Waals surface area contributed by atoms with E-state index in [0.29, 0.717) is 12.3 Å². The first-order valence-electron chi connectivity index (χ1n) is 5.89. The molecule has 1 aromatic rings. The molecule has 4 heteroatoms. The standard InChI is InChI=1S/C13H21ClO2Si/c1-17(2,3)11-6-4-5-10(9-11)13(16)12(15)7-8-14/h4-6,9,12-13,15-16H,7-8H2,1-3H3. The highest BCUT2D eigenvalue weighted by Crippen LogP contribution is 2.19. The van der Waals surface area contributed by atoms with Gasteiger partial charge in [-0.3, -0.25) is 0 Å². The third kappa shape index (κ3) is 4.10. The van der Waals surface area contributed by atoms with Crippen molar-refractivity contribution >= 4 is 24.9 Å². The predicted molar refractivity (Wildman–Crippen MR) is 75.7 cm³/mol. The van der Waals surface area contributed by atoms with Crippen LogP contribution in [-0.4, -0.2) is 30.3 Å². The van der Waals surface area contributed by atoms with Crippen molar-refractivity contribution in [3.8, 4) is 0 Å². The van der Waals surface area contributed by atoms with Crippen molar-refractivity contribution in [2.45, 2.75) is 38.3 Å². The van der Waals surface area contributed by atoms with Crippen LogP contribution in [0.2, 0.25) is 19.6 Å². The molecule has 0 aromatic heterocycles. The van der Waals surface area contributed by atoms with E-state index in [0.717, 1.165) is 5.56 Å². The van der Waals surface area contributed by atoms with Crippen LogP contribution >= 0.6 is 11.6 Å². The van der Waals surface area contributed by atoms with Crippen LogP contribution in [0.4, 0.5) is 0 Å². The summed E-state index contributed by atoms with van der Waals surface area (Å²) in [6, 6.07) is 7.90. The SMILES string of the molecule is C[Si](C)(C)c1cccc(C(O)C(O)CCCl)c1. The number of hydrogen-bond donors (Lipinski definition) is 2. The molecule has 0 heterocycles. The maximum atomic E-state index is 10.0. The van der Waals surface area contributed by atoms with Gasteiger partial charge in [0.25, 0.3) is 0 Å². The molecule has 2 N–H and O–H groups in total. The van der Waals surface area contributed by atoms with Crippen LogP contribution in [0.5, 0.6) is 0 Å². The van der Waals surface area contributed by atoms with Crippen LogP contribution in [0.25, 0.3) is 0 Å². The van der Waals surface area contributed by atoms with E-state index in [1.54, 1.807) is 0 Å². The summed E-state index contributed by atoms with van der Waals surface area (Å²) in [6.07, 6.45) is -1.23. The van der Waals surface area contributed by atoms with Gasteiger partial charge in [0.2, 0.25) is 0 Å². The summed E-state index contributed by atoms with van der Waals surface area (Å²) in [5, 5.41) is 21.0. The van der Waals surface area contributed by atoms with Crippen molar-refractivity contribution in [2.24, 2.45) is 0 Å². The van der Waals surface area contributed by atoms with Crippen molar-refractivity contribution in [3.05, 3.63) is 29.8 Å². The number of hydrogen-bond acceptors (Lipinski definition) is 2. The maximum Gasteiger partial charge on any atom is 0.105 e. The highest BCUT2D eigenvalue weighted by molar-refractivity contribution is 6.88. The molecule has 0 aliphatic rings. The topological polar surface area (TPSA) is 40.5 Å². The number of aliphatic hydroxyl groups excluding tert-OH is 2. The smallest absolute Gasteiger partial charge is 0.105 e. The molecule has 0 fully saturated rings. The molecule has 2 atom stereocenters. The molecule has 0 amide bonds. The number of halogens is 1. The molecule has 0 aliphatic carbocycles. The monoisotopic (exact) mass is 272 g/mol. The first kappa shape index (κ1) is 14.7.